The maximum absolute atomic E-state index is 13.4. The molecule has 2 unspecified atom stereocenters. The summed E-state index contributed by atoms with van der Waals surface area (Å²) in [5.74, 6) is 0.465. The Labute approximate surface area is 208 Å². The number of aromatic nitrogens is 3. The molecular formula is C27H26ClN5O2. The van der Waals surface area contributed by atoms with E-state index in [4.69, 9.17) is 21.3 Å². The molecule has 0 aliphatic carbocycles. The van der Waals surface area contributed by atoms with Crippen LogP contribution in [-0.2, 0) is 6.54 Å². The number of ether oxygens (including phenoxy) is 1. The van der Waals surface area contributed by atoms with Gasteiger partial charge in [-0.2, -0.15) is 0 Å². The number of hydrogen-bond donors (Lipinski definition) is 0. The summed E-state index contributed by atoms with van der Waals surface area (Å²) < 4.78 is 7.41. The van der Waals surface area contributed by atoms with Gasteiger partial charge in [-0.1, -0.05) is 35.9 Å². The van der Waals surface area contributed by atoms with Gasteiger partial charge in [-0.25, -0.2) is 9.97 Å². The van der Waals surface area contributed by atoms with Gasteiger partial charge in [0.1, 0.15) is 11.3 Å². The second-order valence-electron chi connectivity index (χ2n) is 9.31. The second kappa shape index (κ2) is 8.66. The van der Waals surface area contributed by atoms with Gasteiger partial charge in [0, 0.05) is 54.6 Å². The molecule has 7 rings (SSSR count). The van der Waals surface area contributed by atoms with Gasteiger partial charge in [-0.15, -0.1) is 0 Å². The average molecular weight is 488 g/mol. The number of piperidine rings is 1. The molecular weight excluding hydrogens is 462 g/mol. The van der Waals surface area contributed by atoms with Gasteiger partial charge in [0.2, 0.25) is 5.88 Å². The highest BCUT2D eigenvalue weighted by Crippen LogP contribution is 2.36. The van der Waals surface area contributed by atoms with E-state index in [2.05, 4.69) is 20.5 Å². The average Bonchev–Trinajstić information content (AvgIpc) is 3.23. The van der Waals surface area contributed by atoms with Crippen LogP contribution in [0, 0.1) is 6.92 Å². The SMILES string of the molecule is COc1ccc(C)c(C(=O)N2C3CC2CN(Cc2c(-c4ccc(Cl)cc4)nc4ccccn24)C3)n1. The number of aryl methyl sites for hydroxylation is 1. The fraction of sp³-hybridized carbons (Fsp3) is 0.296. The third-order valence-electron chi connectivity index (χ3n) is 7.11. The Balaban J connectivity index is 1.25. The largest absolute Gasteiger partial charge is 0.481 e. The summed E-state index contributed by atoms with van der Waals surface area (Å²) in [6.07, 6.45) is 3.09. The molecule has 178 valence electrons. The maximum atomic E-state index is 13.4. The predicted octanol–water partition coefficient (Wildman–Crippen LogP) is 4.47. The van der Waals surface area contributed by atoms with E-state index in [1.807, 2.05) is 60.4 Å². The lowest BCUT2D eigenvalue weighted by atomic mass is 9.86. The fourth-order valence-corrected chi connectivity index (χ4v) is 5.50. The summed E-state index contributed by atoms with van der Waals surface area (Å²) in [7, 11) is 1.57. The molecule has 2 atom stereocenters. The Morgan fingerprint density at radius 3 is 2.57 bits per heavy atom. The minimum atomic E-state index is -0.000967. The minimum absolute atomic E-state index is 0.000967. The quantitative estimate of drug-likeness (QED) is 0.416. The zero-order chi connectivity index (χ0) is 24.1. The number of imidazole rings is 1. The molecule has 0 N–H and O–H groups in total. The summed E-state index contributed by atoms with van der Waals surface area (Å²) in [4.78, 5) is 27.2. The molecule has 0 spiro atoms. The molecule has 3 aromatic heterocycles. The molecule has 4 aromatic rings. The van der Waals surface area contributed by atoms with E-state index in [1.165, 1.54) is 0 Å². The van der Waals surface area contributed by atoms with E-state index in [0.29, 0.717) is 16.6 Å². The van der Waals surface area contributed by atoms with Crippen molar-refractivity contribution in [2.24, 2.45) is 0 Å². The van der Waals surface area contributed by atoms with Crippen LogP contribution >= 0.6 is 11.6 Å². The van der Waals surface area contributed by atoms with Gasteiger partial charge < -0.3 is 14.0 Å². The van der Waals surface area contributed by atoms with Crippen LogP contribution in [0.2, 0.25) is 5.02 Å². The van der Waals surface area contributed by atoms with Gasteiger partial charge in [-0.05, 0) is 43.2 Å². The zero-order valence-corrected chi connectivity index (χ0v) is 20.4. The normalized spacial score (nSPS) is 19.6. The first-order chi connectivity index (χ1) is 17.0. The number of carbonyl (C=O) groups excluding carboxylic acids is 1. The number of methoxy groups -OCH3 is 1. The smallest absolute Gasteiger partial charge is 0.273 e. The van der Waals surface area contributed by atoms with Crippen molar-refractivity contribution in [1.82, 2.24) is 24.2 Å². The lowest BCUT2D eigenvalue weighted by Gasteiger charge is -2.56. The van der Waals surface area contributed by atoms with Gasteiger partial charge >= 0.3 is 0 Å². The zero-order valence-electron chi connectivity index (χ0n) is 19.7. The Bertz CT molecular complexity index is 1410. The number of benzene rings is 1. The van der Waals surface area contributed by atoms with Crippen molar-refractivity contribution in [3.8, 4) is 17.1 Å². The molecule has 2 bridgehead atoms. The van der Waals surface area contributed by atoms with E-state index in [0.717, 1.165) is 54.2 Å². The lowest BCUT2D eigenvalue weighted by Crippen LogP contribution is -2.70. The highest BCUT2D eigenvalue weighted by atomic mass is 35.5. The molecule has 3 fully saturated rings. The molecule has 6 heterocycles. The van der Waals surface area contributed by atoms with Crippen LogP contribution in [0.15, 0.2) is 60.8 Å². The van der Waals surface area contributed by atoms with Crippen molar-refractivity contribution in [3.63, 3.8) is 0 Å². The number of pyridine rings is 2. The van der Waals surface area contributed by atoms with E-state index < -0.39 is 0 Å². The number of amides is 1. The Morgan fingerprint density at radius 1 is 1.06 bits per heavy atom. The first-order valence-electron chi connectivity index (χ1n) is 11.8. The van der Waals surface area contributed by atoms with Crippen molar-refractivity contribution in [2.75, 3.05) is 20.2 Å². The van der Waals surface area contributed by atoms with Crippen molar-refractivity contribution in [1.29, 1.82) is 0 Å². The number of halogens is 1. The van der Waals surface area contributed by atoms with E-state index >= 15 is 0 Å². The number of piperazine rings is 1. The van der Waals surface area contributed by atoms with Gasteiger partial charge in [0.05, 0.1) is 18.5 Å². The second-order valence-corrected chi connectivity index (χ2v) is 9.75. The van der Waals surface area contributed by atoms with Gasteiger partial charge in [0.15, 0.2) is 0 Å². The molecule has 1 amide bonds. The summed E-state index contributed by atoms with van der Waals surface area (Å²) >= 11 is 6.13. The van der Waals surface area contributed by atoms with Crippen molar-refractivity contribution < 1.29 is 9.53 Å². The van der Waals surface area contributed by atoms with Crippen LogP contribution < -0.4 is 4.74 Å². The van der Waals surface area contributed by atoms with Crippen LogP contribution in [0.1, 0.15) is 28.2 Å². The Morgan fingerprint density at radius 2 is 1.83 bits per heavy atom. The van der Waals surface area contributed by atoms with Gasteiger partial charge in [0.25, 0.3) is 5.91 Å². The first kappa shape index (κ1) is 22.1. The minimum Gasteiger partial charge on any atom is -0.481 e. The number of nitrogens with zero attached hydrogens (tertiary/aromatic N) is 5. The number of fused-ring (bicyclic) bond motifs is 3. The fourth-order valence-electron chi connectivity index (χ4n) is 5.37. The van der Waals surface area contributed by atoms with Crippen molar-refractivity contribution in [3.05, 3.63) is 82.8 Å². The molecule has 3 aliphatic heterocycles. The molecule has 0 radical (unpaired) electrons. The number of carbonyl (C=O) groups is 1. The summed E-state index contributed by atoms with van der Waals surface area (Å²) in [6.45, 7) is 4.33. The molecule has 0 saturated carbocycles. The van der Waals surface area contributed by atoms with Crippen LogP contribution in [0.4, 0.5) is 0 Å². The van der Waals surface area contributed by atoms with Crippen LogP contribution in [0.25, 0.3) is 16.9 Å². The predicted molar refractivity (Wildman–Crippen MR) is 135 cm³/mol. The first-order valence-corrected chi connectivity index (χ1v) is 12.2. The summed E-state index contributed by atoms with van der Waals surface area (Å²) in [5.41, 5.74) is 5.44. The molecule has 1 aromatic carbocycles. The number of hydrogen-bond acceptors (Lipinski definition) is 5. The lowest BCUT2D eigenvalue weighted by molar-refractivity contribution is -0.0507. The van der Waals surface area contributed by atoms with Crippen LogP contribution in [0.5, 0.6) is 5.88 Å². The van der Waals surface area contributed by atoms with E-state index in [9.17, 15) is 4.79 Å². The third kappa shape index (κ3) is 3.85. The summed E-state index contributed by atoms with van der Waals surface area (Å²) in [6, 6.07) is 18.0. The molecule has 7 nitrogen and oxygen atoms in total. The van der Waals surface area contributed by atoms with Crippen molar-refractivity contribution >= 4 is 23.2 Å². The van der Waals surface area contributed by atoms with E-state index in [-0.39, 0.29) is 18.0 Å². The topological polar surface area (TPSA) is 63.0 Å². The Kier molecular flexibility index (Phi) is 5.46. The molecule has 3 aliphatic rings. The molecule has 8 heteroatoms. The van der Waals surface area contributed by atoms with Crippen LogP contribution in [0.3, 0.4) is 0 Å². The highest BCUT2D eigenvalue weighted by molar-refractivity contribution is 6.30. The van der Waals surface area contributed by atoms with Gasteiger partial charge in [-0.3, -0.25) is 9.69 Å². The summed E-state index contributed by atoms with van der Waals surface area (Å²) in [5, 5.41) is 0.709. The maximum Gasteiger partial charge on any atom is 0.273 e. The number of rotatable bonds is 5. The van der Waals surface area contributed by atoms with Crippen LogP contribution in [-0.4, -0.2) is 62.4 Å². The highest BCUT2D eigenvalue weighted by Gasteiger charge is 2.48. The molecule has 35 heavy (non-hydrogen) atoms. The Hall–Kier alpha value is -3.42. The third-order valence-corrected chi connectivity index (χ3v) is 7.36. The van der Waals surface area contributed by atoms with Crippen molar-refractivity contribution in [2.45, 2.75) is 32.0 Å². The molecule has 3 saturated heterocycles. The van der Waals surface area contributed by atoms with E-state index in [1.54, 1.807) is 13.2 Å². The monoisotopic (exact) mass is 487 g/mol. The standard InChI is InChI=1S/C27H26ClN5O2/c1-17-6-11-24(35-2)30-25(17)27(34)33-20-13-21(33)15-31(14-20)16-22-26(18-7-9-19(28)10-8-18)29-23-5-3-4-12-32(22)23/h3-12,20-21H,13-16H2,1-2H3.